The number of fused-ring (bicyclic) bond motifs is 1. The summed E-state index contributed by atoms with van der Waals surface area (Å²) >= 11 is 2.97. The summed E-state index contributed by atoms with van der Waals surface area (Å²) < 4.78 is 4.84. The summed E-state index contributed by atoms with van der Waals surface area (Å²) in [6, 6.07) is 17.6. The third-order valence-corrected chi connectivity index (χ3v) is 7.80. The number of para-hydroxylation sites is 1. The molecule has 1 fully saturated rings. The van der Waals surface area contributed by atoms with Gasteiger partial charge in [-0.25, -0.2) is 4.79 Å². The van der Waals surface area contributed by atoms with Crippen molar-refractivity contribution >= 4 is 47.1 Å². The molecule has 4 rings (SSSR count). The van der Waals surface area contributed by atoms with Gasteiger partial charge in [-0.1, -0.05) is 54.2 Å². The first-order valence-corrected chi connectivity index (χ1v) is 11.9. The topological polar surface area (TPSA) is 96.5 Å². The highest BCUT2D eigenvalue weighted by atomic mass is 32.2. The standard InChI is InChI=1S/C22H23N3O4S2/c1-2-29-22(28)25-18(26)14-12-17(13-8-4-3-5-9-13)31-20(14)24-19(27)21-23-15-10-6-7-11-16(15)30-21/h3-11,14,17,20-21,23H,2,12H2,1H3,(H,24,27)(H,25,26,28). The van der Waals surface area contributed by atoms with Crippen LogP contribution >= 0.6 is 23.5 Å². The average Bonchev–Trinajstić information content (AvgIpc) is 3.39. The second-order valence-corrected chi connectivity index (χ2v) is 9.65. The van der Waals surface area contributed by atoms with Crippen molar-refractivity contribution in [2.24, 2.45) is 5.92 Å². The maximum atomic E-state index is 13.0. The number of carbonyl (C=O) groups excluding carboxylic acids is 3. The van der Waals surface area contributed by atoms with Crippen molar-refractivity contribution in [2.75, 3.05) is 11.9 Å². The Hall–Kier alpha value is -2.65. The van der Waals surface area contributed by atoms with E-state index >= 15 is 0 Å². The highest BCUT2D eigenvalue weighted by Crippen LogP contribution is 2.47. The molecule has 2 aliphatic rings. The monoisotopic (exact) mass is 457 g/mol. The van der Waals surface area contributed by atoms with Crippen LogP contribution in [0.2, 0.25) is 0 Å². The Morgan fingerprint density at radius 1 is 1.06 bits per heavy atom. The summed E-state index contributed by atoms with van der Waals surface area (Å²) in [4.78, 5) is 38.6. The summed E-state index contributed by atoms with van der Waals surface area (Å²) in [6.07, 6.45) is -0.259. The molecule has 0 aromatic heterocycles. The Kier molecular flexibility index (Phi) is 6.72. The lowest BCUT2D eigenvalue weighted by molar-refractivity contribution is -0.125. The van der Waals surface area contributed by atoms with E-state index in [1.807, 2.05) is 54.6 Å². The van der Waals surface area contributed by atoms with Crippen LogP contribution in [-0.4, -0.2) is 35.3 Å². The predicted molar refractivity (Wildman–Crippen MR) is 122 cm³/mol. The second-order valence-electron chi connectivity index (χ2n) is 7.15. The fourth-order valence-electron chi connectivity index (χ4n) is 3.62. The number of alkyl carbamates (subject to hydrolysis) is 1. The smallest absolute Gasteiger partial charge is 0.413 e. The van der Waals surface area contributed by atoms with Crippen LogP contribution in [0.1, 0.15) is 24.2 Å². The van der Waals surface area contributed by atoms with Gasteiger partial charge in [0.15, 0.2) is 5.37 Å². The van der Waals surface area contributed by atoms with Gasteiger partial charge in [-0.15, -0.1) is 11.8 Å². The number of benzene rings is 2. The zero-order valence-electron chi connectivity index (χ0n) is 16.9. The minimum atomic E-state index is -0.769. The molecular formula is C22H23N3O4S2. The first-order valence-electron chi connectivity index (χ1n) is 10.1. The molecule has 1 saturated heterocycles. The Morgan fingerprint density at radius 3 is 2.55 bits per heavy atom. The molecule has 0 bridgehead atoms. The van der Waals surface area contributed by atoms with Crippen molar-refractivity contribution in [3.05, 3.63) is 60.2 Å². The van der Waals surface area contributed by atoms with Gasteiger partial charge in [0.25, 0.3) is 5.91 Å². The largest absolute Gasteiger partial charge is 0.450 e. The van der Waals surface area contributed by atoms with E-state index in [0.717, 1.165) is 16.1 Å². The first kappa shape index (κ1) is 21.6. The quantitative estimate of drug-likeness (QED) is 0.629. The molecule has 0 radical (unpaired) electrons. The minimum absolute atomic E-state index is 0.0332. The number of nitrogens with one attached hydrogen (secondary N) is 3. The molecule has 2 aromatic rings. The van der Waals surface area contributed by atoms with E-state index in [9.17, 15) is 14.4 Å². The zero-order chi connectivity index (χ0) is 21.8. The van der Waals surface area contributed by atoms with Crippen molar-refractivity contribution in [2.45, 2.75) is 34.2 Å². The fourth-order valence-corrected chi connectivity index (χ4v) is 6.25. The Labute approximate surface area is 189 Å². The summed E-state index contributed by atoms with van der Waals surface area (Å²) in [5.74, 6) is -1.19. The van der Waals surface area contributed by atoms with E-state index in [2.05, 4.69) is 16.0 Å². The van der Waals surface area contributed by atoms with Crippen molar-refractivity contribution in [1.82, 2.24) is 10.6 Å². The second kappa shape index (κ2) is 9.65. The SMILES string of the molecule is CCOC(=O)NC(=O)C1CC(c2ccccc2)SC1NC(=O)C1Nc2ccccc2S1. The molecule has 0 saturated carbocycles. The molecule has 2 aliphatic heterocycles. The molecule has 0 aliphatic carbocycles. The molecule has 0 spiro atoms. The number of carbonyl (C=O) groups is 3. The van der Waals surface area contributed by atoms with Crippen molar-refractivity contribution in [1.29, 1.82) is 0 Å². The van der Waals surface area contributed by atoms with Crippen LogP contribution in [0.5, 0.6) is 0 Å². The molecule has 2 aromatic carbocycles. The lowest BCUT2D eigenvalue weighted by Gasteiger charge is -2.21. The van der Waals surface area contributed by atoms with Crippen molar-refractivity contribution in [3.8, 4) is 0 Å². The summed E-state index contributed by atoms with van der Waals surface area (Å²) in [6.45, 7) is 1.85. The summed E-state index contributed by atoms with van der Waals surface area (Å²) in [5, 5.41) is 7.63. The summed E-state index contributed by atoms with van der Waals surface area (Å²) in [7, 11) is 0. The van der Waals surface area contributed by atoms with Crippen LogP contribution < -0.4 is 16.0 Å². The first-order chi connectivity index (χ1) is 15.0. The molecule has 4 atom stereocenters. The maximum absolute atomic E-state index is 13.0. The van der Waals surface area contributed by atoms with Crippen LogP contribution in [0, 0.1) is 5.92 Å². The number of hydrogen-bond donors (Lipinski definition) is 3. The summed E-state index contributed by atoms with van der Waals surface area (Å²) in [5.41, 5.74) is 2.00. The molecule has 31 heavy (non-hydrogen) atoms. The van der Waals surface area contributed by atoms with Crippen LogP contribution in [-0.2, 0) is 14.3 Å². The van der Waals surface area contributed by atoms with Gasteiger partial charge in [0, 0.05) is 15.8 Å². The highest BCUT2D eigenvalue weighted by molar-refractivity contribution is 8.01. The molecule has 162 valence electrons. The van der Waals surface area contributed by atoms with Crippen molar-refractivity contribution in [3.63, 3.8) is 0 Å². The Bertz CT molecular complexity index is 947. The van der Waals surface area contributed by atoms with E-state index in [4.69, 9.17) is 4.74 Å². The highest BCUT2D eigenvalue weighted by Gasteiger charge is 2.42. The zero-order valence-corrected chi connectivity index (χ0v) is 18.5. The van der Waals surface area contributed by atoms with Crippen molar-refractivity contribution < 1.29 is 19.1 Å². The van der Waals surface area contributed by atoms with Gasteiger partial charge >= 0.3 is 6.09 Å². The lowest BCUT2D eigenvalue weighted by Crippen LogP contribution is -2.47. The van der Waals surface area contributed by atoms with Gasteiger partial charge < -0.3 is 15.4 Å². The molecule has 3 N–H and O–H groups in total. The van der Waals surface area contributed by atoms with E-state index in [1.165, 1.54) is 23.5 Å². The Balaban J connectivity index is 1.46. The number of thioether (sulfide) groups is 2. The average molecular weight is 458 g/mol. The number of ether oxygens (including phenoxy) is 1. The van der Waals surface area contributed by atoms with Gasteiger partial charge in [0.05, 0.1) is 17.9 Å². The number of amides is 3. The normalized spacial score (nSPS) is 24.0. The lowest BCUT2D eigenvalue weighted by atomic mass is 9.98. The van der Waals surface area contributed by atoms with E-state index in [0.29, 0.717) is 6.42 Å². The number of imide groups is 1. The minimum Gasteiger partial charge on any atom is -0.450 e. The van der Waals surface area contributed by atoms with Crippen LogP contribution in [0.15, 0.2) is 59.5 Å². The molecule has 4 unspecified atom stereocenters. The van der Waals surface area contributed by atoms with Gasteiger partial charge in [-0.3, -0.25) is 14.9 Å². The third kappa shape index (κ3) is 4.99. The number of rotatable bonds is 5. The van der Waals surface area contributed by atoms with E-state index < -0.39 is 28.7 Å². The van der Waals surface area contributed by atoms with E-state index in [1.54, 1.807) is 6.92 Å². The maximum Gasteiger partial charge on any atom is 0.413 e. The molecule has 7 nitrogen and oxygen atoms in total. The molecule has 9 heteroatoms. The van der Waals surface area contributed by atoms with Crippen LogP contribution in [0.25, 0.3) is 0 Å². The molecule has 3 amide bonds. The van der Waals surface area contributed by atoms with Crippen LogP contribution in [0.3, 0.4) is 0 Å². The predicted octanol–water partition coefficient (Wildman–Crippen LogP) is 3.74. The van der Waals surface area contributed by atoms with Gasteiger partial charge in [0.2, 0.25) is 5.91 Å². The number of hydrogen-bond acceptors (Lipinski definition) is 7. The van der Waals surface area contributed by atoms with Gasteiger partial charge in [-0.2, -0.15) is 0 Å². The van der Waals surface area contributed by atoms with Gasteiger partial charge in [-0.05, 0) is 31.0 Å². The number of anilines is 1. The van der Waals surface area contributed by atoms with E-state index in [-0.39, 0.29) is 17.8 Å². The Morgan fingerprint density at radius 2 is 1.81 bits per heavy atom. The third-order valence-electron chi connectivity index (χ3n) is 5.09. The van der Waals surface area contributed by atoms with Crippen LogP contribution in [0.4, 0.5) is 10.5 Å². The fraction of sp³-hybridized carbons (Fsp3) is 0.318. The molecular weight excluding hydrogens is 434 g/mol. The van der Waals surface area contributed by atoms with Gasteiger partial charge in [0.1, 0.15) is 0 Å². The molecule has 2 heterocycles.